The van der Waals surface area contributed by atoms with E-state index in [9.17, 15) is 14.4 Å². The van der Waals surface area contributed by atoms with Gasteiger partial charge in [-0.1, -0.05) is 25.1 Å². The number of rotatable bonds is 9. The van der Waals surface area contributed by atoms with E-state index < -0.39 is 5.97 Å². The summed E-state index contributed by atoms with van der Waals surface area (Å²) >= 11 is 1.23. The van der Waals surface area contributed by atoms with Gasteiger partial charge in [0.25, 0.3) is 5.56 Å². The van der Waals surface area contributed by atoms with Crippen LogP contribution >= 0.6 is 11.8 Å². The van der Waals surface area contributed by atoms with Crippen LogP contribution in [0.5, 0.6) is 0 Å². The summed E-state index contributed by atoms with van der Waals surface area (Å²) in [5.41, 5.74) is 2.84. The number of H-pyrrole nitrogens is 1. The van der Waals surface area contributed by atoms with Gasteiger partial charge in [0.15, 0.2) is 5.16 Å². The first-order valence-corrected chi connectivity index (χ1v) is 11.2. The van der Waals surface area contributed by atoms with Gasteiger partial charge in [0, 0.05) is 17.9 Å². The number of carbonyl (C=O) groups is 2. The average molecular weight is 443 g/mol. The van der Waals surface area contributed by atoms with Crippen LogP contribution in [0.1, 0.15) is 42.7 Å². The Morgan fingerprint density at radius 1 is 1.23 bits per heavy atom. The number of hydrogen-bond donors (Lipinski definition) is 2. The molecule has 0 aliphatic carbocycles. The lowest BCUT2D eigenvalue weighted by Crippen LogP contribution is -2.24. The Labute approximate surface area is 184 Å². The predicted molar refractivity (Wildman–Crippen MR) is 122 cm³/mol. The van der Waals surface area contributed by atoms with Gasteiger partial charge in [-0.25, -0.2) is 9.78 Å². The van der Waals surface area contributed by atoms with Gasteiger partial charge in [0.2, 0.25) is 5.91 Å². The number of nitrogens with one attached hydrogen (secondary N) is 2. The highest BCUT2D eigenvalue weighted by Crippen LogP contribution is 2.20. The lowest BCUT2D eigenvalue weighted by molar-refractivity contribution is -0.113. The fourth-order valence-corrected chi connectivity index (χ4v) is 3.89. The van der Waals surface area contributed by atoms with Crippen LogP contribution in [0.25, 0.3) is 11.0 Å². The molecule has 1 amide bonds. The SMILES string of the molecule is CCCCn1c(SCC(=O)Nc2ccc(C(=O)OCC)cc2)nc2cc(C)[nH]c2c1=O. The molecule has 8 nitrogen and oxygen atoms in total. The predicted octanol–water partition coefficient (Wildman–Crippen LogP) is 3.74. The molecule has 2 aromatic heterocycles. The number of nitrogens with zero attached hydrogens (tertiary/aromatic N) is 2. The minimum atomic E-state index is -0.401. The third-order valence-corrected chi connectivity index (χ3v) is 5.56. The quantitative estimate of drug-likeness (QED) is 0.297. The molecular formula is C22H26N4O4S. The number of anilines is 1. The van der Waals surface area contributed by atoms with E-state index in [1.807, 2.05) is 13.0 Å². The lowest BCUT2D eigenvalue weighted by atomic mass is 10.2. The van der Waals surface area contributed by atoms with Gasteiger partial charge >= 0.3 is 5.97 Å². The van der Waals surface area contributed by atoms with E-state index in [4.69, 9.17) is 4.74 Å². The number of ether oxygens (including phenoxy) is 1. The van der Waals surface area contributed by atoms with Crippen molar-refractivity contribution in [1.82, 2.24) is 14.5 Å². The average Bonchev–Trinajstić information content (AvgIpc) is 3.13. The molecule has 0 aliphatic rings. The van der Waals surface area contributed by atoms with Crippen molar-refractivity contribution in [1.29, 1.82) is 0 Å². The highest BCUT2D eigenvalue weighted by atomic mass is 32.2. The highest BCUT2D eigenvalue weighted by molar-refractivity contribution is 7.99. The molecule has 3 aromatic rings. The van der Waals surface area contributed by atoms with Crippen LogP contribution in [0.3, 0.4) is 0 Å². The van der Waals surface area contributed by atoms with Crippen LogP contribution in [0, 0.1) is 6.92 Å². The van der Waals surface area contributed by atoms with Gasteiger partial charge in [-0.15, -0.1) is 0 Å². The summed E-state index contributed by atoms with van der Waals surface area (Å²) < 4.78 is 6.58. The minimum absolute atomic E-state index is 0.104. The van der Waals surface area contributed by atoms with Gasteiger partial charge < -0.3 is 15.0 Å². The normalized spacial score (nSPS) is 10.9. The molecule has 0 saturated heterocycles. The lowest BCUT2D eigenvalue weighted by Gasteiger charge is -2.11. The van der Waals surface area contributed by atoms with Crippen molar-refractivity contribution in [2.45, 2.75) is 45.3 Å². The number of amides is 1. The second-order valence-corrected chi connectivity index (χ2v) is 7.99. The standard InChI is InChI=1S/C22H26N4O4S/c1-4-6-11-26-20(28)19-17(12-14(3)23-19)25-22(26)31-13-18(27)24-16-9-7-15(8-10-16)21(29)30-5-2/h7-10,12,23H,4-6,11,13H2,1-3H3,(H,24,27). The zero-order chi connectivity index (χ0) is 22.4. The fraction of sp³-hybridized carbons (Fsp3) is 0.364. The Kier molecular flexibility index (Phi) is 7.51. The minimum Gasteiger partial charge on any atom is -0.462 e. The maximum absolute atomic E-state index is 12.9. The Morgan fingerprint density at radius 3 is 2.65 bits per heavy atom. The summed E-state index contributed by atoms with van der Waals surface area (Å²) in [5, 5.41) is 3.32. The monoisotopic (exact) mass is 442 g/mol. The number of aryl methyl sites for hydroxylation is 1. The number of carbonyl (C=O) groups excluding carboxylic acids is 2. The number of hydrogen-bond acceptors (Lipinski definition) is 6. The second-order valence-electron chi connectivity index (χ2n) is 7.05. The number of benzene rings is 1. The van der Waals surface area contributed by atoms with E-state index in [1.54, 1.807) is 35.8 Å². The molecule has 3 rings (SSSR count). The van der Waals surface area contributed by atoms with Crippen molar-refractivity contribution in [3.05, 3.63) is 51.9 Å². The fourth-order valence-electron chi connectivity index (χ4n) is 3.07. The van der Waals surface area contributed by atoms with Crippen molar-refractivity contribution in [2.75, 3.05) is 17.7 Å². The number of aromatic nitrogens is 3. The van der Waals surface area contributed by atoms with Crippen molar-refractivity contribution in [2.24, 2.45) is 0 Å². The summed E-state index contributed by atoms with van der Waals surface area (Å²) in [6, 6.07) is 8.34. The van der Waals surface area contributed by atoms with Crippen LogP contribution in [0.4, 0.5) is 5.69 Å². The molecule has 2 N–H and O–H groups in total. The maximum atomic E-state index is 12.9. The van der Waals surface area contributed by atoms with E-state index in [2.05, 4.69) is 22.2 Å². The molecule has 0 unspecified atom stereocenters. The molecule has 0 radical (unpaired) electrons. The topological polar surface area (TPSA) is 106 Å². The van der Waals surface area contributed by atoms with E-state index in [1.165, 1.54) is 11.8 Å². The van der Waals surface area contributed by atoms with Crippen LogP contribution < -0.4 is 10.9 Å². The van der Waals surface area contributed by atoms with E-state index in [0.29, 0.717) is 40.6 Å². The summed E-state index contributed by atoms with van der Waals surface area (Å²) in [4.78, 5) is 44.7. The highest BCUT2D eigenvalue weighted by Gasteiger charge is 2.15. The van der Waals surface area contributed by atoms with Gasteiger partial charge in [-0.3, -0.25) is 14.2 Å². The first-order valence-electron chi connectivity index (χ1n) is 10.2. The van der Waals surface area contributed by atoms with Crippen LogP contribution in [-0.2, 0) is 16.1 Å². The molecule has 0 bridgehead atoms. The molecule has 0 atom stereocenters. The van der Waals surface area contributed by atoms with Crippen LogP contribution in [0.2, 0.25) is 0 Å². The van der Waals surface area contributed by atoms with Crippen LogP contribution in [0.15, 0.2) is 40.3 Å². The van der Waals surface area contributed by atoms with Gasteiger partial charge in [-0.2, -0.15) is 0 Å². The molecule has 2 heterocycles. The van der Waals surface area contributed by atoms with E-state index in [0.717, 1.165) is 18.5 Å². The van der Waals surface area contributed by atoms with Gasteiger partial charge in [-0.05, 0) is 50.6 Å². The zero-order valence-corrected chi connectivity index (χ0v) is 18.7. The first kappa shape index (κ1) is 22.6. The molecule has 0 spiro atoms. The largest absolute Gasteiger partial charge is 0.462 e. The molecule has 164 valence electrons. The Balaban J connectivity index is 1.70. The van der Waals surface area contributed by atoms with Crippen molar-refractivity contribution in [3.8, 4) is 0 Å². The Bertz CT molecular complexity index is 1130. The number of unbranched alkanes of at least 4 members (excludes halogenated alkanes) is 1. The Hall–Kier alpha value is -3.07. The molecular weight excluding hydrogens is 416 g/mol. The summed E-state index contributed by atoms with van der Waals surface area (Å²) in [7, 11) is 0. The van der Waals surface area contributed by atoms with Crippen LogP contribution in [-0.4, -0.2) is 38.8 Å². The molecule has 1 aromatic carbocycles. The Morgan fingerprint density at radius 2 is 1.97 bits per heavy atom. The maximum Gasteiger partial charge on any atom is 0.338 e. The number of aromatic amines is 1. The number of thioether (sulfide) groups is 1. The number of fused-ring (bicyclic) bond motifs is 1. The van der Waals surface area contributed by atoms with Crippen molar-refractivity contribution in [3.63, 3.8) is 0 Å². The smallest absolute Gasteiger partial charge is 0.338 e. The molecule has 0 saturated carbocycles. The third-order valence-electron chi connectivity index (χ3n) is 4.58. The second kappa shape index (κ2) is 10.3. The third kappa shape index (κ3) is 5.55. The molecule has 31 heavy (non-hydrogen) atoms. The summed E-state index contributed by atoms with van der Waals surface area (Å²) in [5.74, 6) is -0.523. The molecule has 0 fully saturated rings. The summed E-state index contributed by atoms with van der Waals surface area (Å²) in [6.45, 7) is 6.54. The molecule has 0 aliphatic heterocycles. The molecule has 9 heteroatoms. The first-order chi connectivity index (χ1) is 14.9. The zero-order valence-electron chi connectivity index (χ0n) is 17.9. The van der Waals surface area contributed by atoms with Gasteiger partial charge in [0.1, 0.15) is 5.52 Å². The van der Waals surface area contributed by atoms with E-state index >= 15 is 0 Å². The van der Waals surface area contributed by atoms with Crippen molar-refractivity contribution < 1.29 is 14.3 Å². The number of esters is 1. The van der Waals surface area contributed by atoms with Gasteiger partial charge in [0.05, 0.1) is 23.4 Å². The van der Waals surface area contributed by atoms with Crippen molar-refractivity contribution >= 4 is 40.4 Å². The van der Waals surface area contributed by atoms with E-state index in [-0.39, 0.29) is 17.2 Å². The summed E-state index contributed by atoms with van der Waals surface area (Å²) in [6.07, 6.45) is 1.79.